The lowest BCUT2D eigenvalue weighted by molar-refractivity contribution is -0.313. The van der Waals surface area contributed by atoms with Crippen LogP contribution in [-0.2, 0) is 52.4 Å². The first-order valence-electron chi connectivity index (χ1n) is 11.0. The van der Waals surface area contributed by atoms with Crippen LogP contribution in [0, 0.1) is 12.3 Å². The second-order valence-electron chi connectivity index (χ2n) is 7.84. The van der Waals surface area contributed by atoms with E-state index in [0.717, 1.165) is 21.0 Å². The first kappa shape index (κ1) is 29.9. The van der Waals surface area contributed by atoms with Gasteiger partial charge in [-0.05, 0) is 6.42 Å². The first-order valence-corrected chi connectivity index (χ1v) is 11.0. The van der Waals surface area contributed by atoms with Gasteiger partial charge in [0, 0.05) is 34.1 Å². The Bertz CT molecular complexity index is 836. The molecule has 1 aliphatic heterocycles. The summed E-state index contributed by atoms with van der Waals surface area (Å²) >= 11 is 0. The average Bonchev–Trinajstić information content (AvgIpc) is 2.76. The second kappa shape index (κ2) is 13.7. The summed E-state index contributed by atoms with van der Waals surface area (Å²) in [6.45, 7) is 6.20. The highest BCUT2D eigenvalue weighted by Crippen LogP contribution is 2.37. The Kier molecular flexibility index (Phi) is 11.6. The van der Waals surface area contributed by atoms with Gasteiger partial charge in [0.05, 0.1) is 26.2 Å². The maximum Gasteiger partial charge on any atom is 0.366 e. The molecule has 0 aliphatic carbocycles. The van der Waals surface area contributed by atoms with E-state index in [1.165, 1.54) is 13.8 Å². The van der Waals surface area contributed by atoms with Crippen molar-refractivity contribution in [2.75, 3.05) is 13.7 Å². The van der Waals surface area contributed by atoms with E-state index in [2.05, 4.69) is 11.2 Å². The van der Waals surface area contributed by atoms with Crippen LogP contribution in [0.25, 0.3) is 0 Å². The molecule has 12 nitrogen and oxygen atoms in total. The highest BCUT2D eigenvalue weighted by Gasteiger charge is 2.58. The van der Waals surface area contributed by atoms with Gasteiger partial charge in [-0.25, -0.2) is 4.79 Å². The van der Waals surface area contributed by atoms with Crippen molar-refractivity contribution in [1.29, 1.82) is 0 Å². The zero-order valence-electron chi connectivity index (χ0n) is 20.8. The Morgan fingerprint density at radius 1 is 1.09 bits per heavy atom. The minimum Gasteiger partial charge on any atom is -0.465 e. The van der Waals surface area contributed by atoms with Crippen LogP contribution >= 0.6 is 0 Å². The number of hydrogen-bond acceptors (Lipinski definition) is 11. The molecular weight excluding hydrogens is 466 g/mol. The number of esters is 4. The molecule has 35 heavy (non-hydrogen) atoms. The smallest absolute Gasteiger partial charge is 0.366 e. The SMILES string of the molecule is C#CCCOC1(C(=O)OC)CC(OC(C)=O)C(NC(C)=O)C([C@H](OC(C)=O)[C@@H](CC)OC(C)=O)O1. The molecule has 12 heteroatoms. The molecule has 1 rings (SSSR count). The van der Waals surface area contributed by atoms with Crippen LogP contribution in [-0.4, -0.2) is 79.7 Å². The standard InChI is InChI=1S/C23H33NO11/c1-8-10-11-31-23(22(29)30-7)12-18(33-15(5)27)19(24-13(3)25)21(35-23)20(34-16(6)28)17(9-2)32-14(4)26/h1,17-21H,9-12H2,2-7H3,(H,24,25)/t17-,18?,19?,20-,21?,23?/m1/s1. The number of terminal acetylenes is 1. The molecule has 196 valence electrons. The van der Waals surface area contributed by atoms with Crippen LogP contribution in [0.4, 0.5) is 0 Å². The fourth-order valence-electron chi connectivity index (χ4n) is 3.81. The fourth-order valence-corrected chi connectivity index (χ4v) is 3.81. The molecule has 0 aromatic heterocycles. The molecule has 1 fully saturated rings. The number of rotatable bonds is 11. The summed E-state index contributed by atoms with van der Waals surface area (Å²) in [6, 6.07) is -1.13. The molecule has 0 radical (unpaired) electrons. The monoisotopic (exact) mass is 499 g/mol. The van der Waals surface area contributed by atoms with Gasteiger partial charge in [-0.1, -0.05) is 6.92 Å². The van der Waals surface area contributed by atoms with Crippen molar-refractivity contribution in [2.45, 2.75) is 90.1 Å². The number of ether oxygens (including phenoxy) is 6. The minimum absolute atomic E-state index is 0.110. The van der Waals surface area contributed by atoms with Gasteiger partial charge < -0.3 is 33.7 Å². The molecule has 1 saturated heterocycles. The van der Waals surface area contributed by atoms with Crippen molar-refractivity contribution in [3.63, 3.8) is 0 Å². The molecule has 1 amide bonds. The Morgan fingerprint density at radius 2 is 1.71 bits per heavy atom. The lowest BCUT2D eigenvalue weighted by atomic mass is 9.87. The summed E-state index contributed by atoms with van der Waals surface area (Å²) in [5.41, 5.74) is 0. The molecule has 1 aliphatic rings. The molecule has 0 aromatic rings. The van der Waals surface area contributed by atoms with Crippen molar-refractivity contribution in [3.05, 3.63) is 0 Å². The third-order valence-corrected chi connectivity index (χ3v) is 5.03. The molecule has 6 atom stereocenters. The van der Waals surface area contributed by atoms with E-state index in [1.807, 2.05) is 0 Å². The number of carbonyl (C=O) groups is 5. The van der Waals surface area contributed by atoms with Crippen molar-refractivity contribution in [2.24, 2.45) is 0 Å². The molecule has 0 saturated carbocycles. The van der Waals surface area contributed by atoms with Crippen molar-refractivity contribution < 1.29 is 52.4 Å². The van der Waals surface area contributed by atoms with Crippen LogP contribution < -0.4 is 5.32 Å². The van der Waals surface area contributed by atoms with E-state index in [4.69, 9.17) is 34.8 Å². The quantitative estimate of drug-likeness (QED) is 0.182. The Labute approximate surface area is 204 Å². The first-order chi connectivity index (χ1) is 16.4. The van der Waals surface area contributed by atoms with Crippen LogP contribution in [0.1, 0.15) is 53.9 Å². The van der Waals surface area contributed by atoms with Crippen LogP contribution in [0.15, 0.2) is 0 Å². The van der Waals surface area contributed by atoms with E-state index in [9.17, 15) is 24.0 Å². The van der Waals surface area contributed by atoms with Crippen LogP contribution in [0.5, 0.6) is 0 Å². The summed E-state index contributed by atoms with van der Waals surface area (Å²) in [5.74, 6) is -3.41. The predicted octanol–water partition coefficient (Wildman–Crippen LogP) is 0.394. The summed E-state index contributed by atoms with van der Waals surface area (Å²) in [5, 5.41) is 2.62. The number of amides is 1. The van der Waals surface area contributed by atoms with E-state index < -0.39 is 66.0 Å². The Balaban J connectivity index is 3.72. The van der Waals surface area contributed by atoms with Gasteiger partial charge >= 0.3 is 23.9 Å². The third kappa shape index (κ3) is 8.52. The highest BCUT2D eigenvalue weighted by atomic mass is 16.7. The van der Waals surface area contributed by atoms with Crippen LogP contribution in [0.2, 0.25) is 0 Å². The van der Waals surface area contributed by atoms with Gasteiger partial charge in [-0.3, -0.25) is 19.2 Å². The highest BCUT2D eigenvalue weighted by molar-refractivity contribution is 5.79. The maximum absolute atomic E-state index is 12.9. The van der Waals surface area contributed by atoms with Crippen molar-refractivity contribution >= 4 is 29.8 Å². The number of nitrogens with one attached hydrogen (secondary N) is 1. The van der Waals surface area contributed by atoms with Crippen molar-refractivity contribution in [1.82, 2.24) is 5.32 Å². The number of hydrogen-bond donors (Lipinski definition) is 1. The average molecular weight is 500 g/mol. The Morgan fingerprint density at radius 3 is 2.17 bits per heavy atom. The van der Waals surface area contributed by atoms with Gasteiger partial charge in [0.1, 0.15) is 18.3 Å². The Hall–Kier alpha value is -3.17. The summed E-state index contributed by atoms with van der Waals surface area (Å²) in [7, 11) is 1.10. The molecule has 4 unspecified atom stereocenters. The molecule has 0 aromatic carbocycles. The summed E-state index contributed by atoms with van der Waals surface area (Å²) in [6.07, 6.45) is 0.251. The maximum atomic E-state index is 12.9. The number of carbonyl (C=O) groups excluding carboxylic acids is 5. The van der Waals surface area contributed by atoms with Crippen molar-refractivity contribution in [3.8, 4) is 12.3 Å². The zero-order valence-corrected chi connectivity index (χ0v) is 20.8. The van der Waals surface area contributed by atoms with E-state index in [0.29, 0.717) is 0 Å². The van der Waals surface area contributed by atoms with Gasteiger partial charge in [-0.15, -0.1) is 12.3 Å². The van der Waals surface area contributed by atoms with Gasteiger partial charge in [-0.2, -0.15) is 0 Å². The van der Waals surface area contributed by atoms with E-state index >= 15 is 0 Å². The van der Waals surface area contributed by atoms with Crippen LogP contribution in [0.3, 0.4) is 0 Å². The molecule has 0 bridgehead atoms. The zero-order chi connectivity index (χ0) is 26.8. The van der Waals surface area contributed by atoms with Gasteiger partial charge in [0.2, 0.25) is 5.91 Å². The molecule has 1 heterocycles. The topological polar surface area (TPSA) is 153 Å². The normalized spacial score (nSPS) is 25.2. The van der Waals surface area contributed by atoms with Gasteiger partial charge in [0.25, 0.3) is 5.79 Å². The summed E-state index contributed by atoms with van der Waals surface area (Å²) in [4.78, 5) is 60.7. The molecule has 0 spiro atoms. The molecular formula is C23H33NO11. The minimum atomic E-state index is -2.14. The third-order valence-electron chi connectivity index (χ3n) is 5.03. The predicted molar refractivity (Wildman–Crippen MR) is 118 cm³/mol. The second-order valence-corrected chi connectivity index (χ2v) is 7.84. The number of methoxy groups -OCH3 is 1. The fraction of sp³-hybridized carbons (Fsp3) is 0.696. The largest absolute Gasteiger partial charge is 0.465 e. The van der Waals surface area contributed by atoms with E-state index in [-0.39, 0.29) is 25.9 Å². The van der Waals surface area contributed by atoms with E-state index in [1.54, 1.807) is 6.92 Å². The lowest BCUT2D eigenvalue weighted by Crippen LogP contribution is -2.69. The summed E-state index contributed by atoms with van der Waals surface area (Å²) < 4.78 is 32.9. The lowest BCUT2D eigenvalue weighted by Gasteiger charge is -2.48. The molecule has 1 N–H and O–H groups in total. The van der Waals surface area contributed by atoms with Gasteiger partial charge in [0.15, 0.2) is 6.10 Å².